The van der Waals surface area contributed by atoms with Crippen molar-refractivity contribution in [2.45, 2.75) is 12.5 Å². The first-order chi connectivity index (χ1) is 13.3. The van der Waals surface area contributed by atoms with Gasteiger partial charge in [0.25, 0.3) is 0 Å². The molecular formula is C22H27Cl2N3OS. The summed E-state index contributed by atoms with van der Waals surface area (Å²) >= 11 is 1.68. The number of halogens is 2. The summed E-state index contributed by atoms with van der Waals surface area (Å²) in [7, 11) is 1.70. The van der Waals surface area contributed by atoms with Gasteiger partial charge in [0, 0.05) is 30.9 Å². The van der Waals surface area contributed by atoms with Crippen LogP contribution in [-0.4, -0.2) is 36.6 Å². The van der Waals surface area contributed by atoms with Crippen LogP contribution in [0, 0.1) is 5.92 Å². The Balaban J connectivity index is 0.00000150. The van der Waals surface area contributed by atoms with Gasteiger partial charge in [-0.2, -0.15) is 0 Å². The van der Waals surface area contributed by atoms with Gasteiger partial charge >= 0.3 is 0 Å². The number of nitrogens with two attached hydrogens (primary N) is 1. The number of methoxy groups -OCH3 is 1. The smallest absolute Gasteiger partial charge is 0.129 e. The molecule has 0 saturated carbocycles. The van der Waals surface area contributed by atoms with E-state index < -0.39 is 0 Å². The molecule has 0 radical (unpaired) electrons. The van der Waals surface area contributed by atoms with Crippen molar-refractivity contribution >= 4 is 36.2 Å². The van der Waals surface area contributed by atoms with Crippen molar-refractivity contribution in [2.75, 3.05) is 26.7 Å². The molecule has 2 N–H and O–H groups in total. The third kappa shape index (κ3) is 5.30. The van der Waals surface area contributed by atoms with Crippen molar-refractivity contribution in [1.29, 1.82) is 0 Å². The monoisotopic (exact) mass is 451 g/mol. The molecule has 0 spiro atoms. The van der Waals surface area contributed by atoms with Gasteiger partial charge in [-0.25, -0.2) is 4.98 Å². The summed E-state index contributed by atoms with van der Waals surface area (Å²) in [5, 5.41) is 3.17. The first kappa shape index (κ1) is 23.6. The number of ether oxygens (including phenoxy) is 1. The third-order valence-electron chi connectivity index (χ3n) is 5.32. The summed E-state index contributed by atoms with van der Waals surface area (Å²) in [6, 6.07) is 18.8. The molecule has 1 aliphatic rings. The first-order valence-electron chi connectivity index (χ1n) is 9.33. The van der Waals surface area contributed by atoms with Crippen molar-refractivity contribution in [3.63, 3.8) is 0 Å². The third-order valence-corrected chi connectivity index (χ3v) is 6.25. The number of aromatic nitrogens is 1. The summed E-state index contributed by atoms with van der Waals surface area (Å²) in [6.07, 6.45) is 0. The van der Waals surface area contributed by atoms with Crippen LogP contribution in [0.5, 0.6) is 5.75 Å². The quantitative estimate of drug-likeness (QED) is 0.582. The molecule has 4 nitrogen and oxygen atoms in total. The normalized spacial score (nSPS) is 18.7. The Hall–Kier alpha value is -1.63. The Morgan fingerprint density at radius 1 is 1.07 bits per heavy atom. The minimum Gasteiger partial charge on any atom is -0.496 e. The highest BCUT2D eigenvalue weighted by atomic mass is 35.5. The van der Waals surface area contributed by atoms with Crippen LogP contribution in [0.2, 0.25) is 0 Å². The maximum absolute atomic E-state index is 6.08. The second kappa shape index (κ2) is 11.0. The highest BCUT2D eigenvalue weighted by Gasteiger charge is 2.33. The lowest BCUT2D eigenvalue weighted by molar-refractivity contribution is 0.313. The zero-order valence-electron chi connectivity index (χ0n) is 16.4. The predicted molar refractivity (Wildman–Crippen MR) is 126 cm³/mol. The van der Waals surface area contributed by atoms with Crippen LogP contribution < -0.4 is 10.5 Å². The van der Waals surface area contributed by atoms with E-state index in [0.29, 0.717) is 11.8 Å². The van der Waals surface area contributed by atoms with Gasteiger partial charge in [0.05, 0.1) is 18.4 Å². The number of para-hydroxylation sites is 1. The Morgan fingerprint density at radius 3 is 2.52 bits per heavy atom. The number of hydrogen-bond donors (Lipinski definition) is 1. The number of thiazole rings is 1. The van der Waals surface area contributed by atoms with Gasteiger partial charge in [-0.1, -0.05) is 42.5 Å². The van der Waals surface area contributed by atoms with Crippen molar-refractivity contribution in [2.24, 2.45) is 11.7 Å². The largest absolute Gasteiger partial charge is 0.496 e. The number of benzene rings is 2. The Kier molecular flexibility index (Phi) is 8.93. The number of rotatable bonds is 6. The van der Waals surface area contributed by atoms with Crippen LogP contribution in [0.3, 0.4) is 0 Å². The van der Waals surface area contributed by atoms with E-state index in [1.165, 1.54) is 5.56 Å². The predicted octanol–water partition coefficient (Wildman–Crippen LogP) is 4.84. The van der Waals surface area contributed by atoms with E-state index in [2.05, 4.69) is 46.7 Å². The van der Waals surface area contributed by atoms with Gasteiger partial charge < -0.3 is 10.5 Å². The molecule has 3 aromatic rings. The maximum atomic E-state index is 6.08. The average Bonchev–Trinajstić information content (AvgIpc) is 3.35. The summed E-state index contributed by atoms with van der Waals surface area (Å²) in [5.74, 6) is 1.87. The summed E-state index contributed by atoms with van der Waals surface area (Å²) in [4.78, 5) is 7.35. The second-order valence-electron chi connectivity index (χ2n) is 7.05. The van der Waals surface area contributed by atoms with Gasteiger partial charge in [-0.15, -0.1) is 36.2 Å². The lowest BCUT2D eigenvalue weighted by Gasteiger charge is -2.16. The minimum absolute atomic E-state index is 0. The van der Waals surface area contributed by atoms with E-state index in [9.17, 15) is 0 Å². The minimum atomic E-state index is 0. The van der Waals surface area contributed by atoms with Gasteiger partial charge in [0.2, 0.25) is 0 Å². The van der Waals surface area contributed by atoms with Gasteiger partial charge in [-0.3, -0.25) is 4.90 Å². The topological polar surface area (TPSA) is 51.4 Å². The molecule has 156 valence electrons. The fraction of sp³-hybridized carbons (Fsp3) is 0.318. The van der Waals surface area contributed by atoms with E-state index in [-0.39, 0.29) is 24.8 Å². The Morgan fingerprint density at radius 2 is 1.79 bits per heavy atom. The maximum Gasteiger partial charge on any atom is 0.129 e. The molecule has 1 aliphatic heterocycles. The second-order valence-corrected chi connectivity index (χ2v) is 7.91. The molecule has 2 atom stereocenters. The number of likely N-dealkylation sites (tertiary alicyclic amines) is 1. The van der Waals surface area contributed by atoms with Crippen LogP contribution in [-0.2, 0) is 6.54 Å². The van der Waals surface area contributed by atoms with Crippen molar-refractivity contribution in [3.05, 3.63) is 71.2 Å². The Bertz CT molecular complexity index is 891. The molecule has 1 aromatic heterocycles. The molecule has 0 unspecified atom stereocenters. The van der Waals surface area contributed by atoms with Crippen molar-refractivity contribution in [3.8, 4) is 16.3 Å². The van der Waals surface area contributed by atoms with Crippen LogP contribution in [0.25, 0.3) is 10.6 Å². The molecule has 0 aliphatic carbocycles. The Labute approximate surface area is 188 Å². The van der Waals surface area contributed by atoms with Crippen molar-refractivity contribution < 1.29 is 4.74 Å². The number of nitrogens with zero attached hydrogens (tertiary/aromatic N) is 2. The van der Waals surface area contributed by atoms with Crippen LogP contribution in [0.4, 0.5) is 0 Å². The number of hydrogen-bond acceptors (Lipinski definition) is 5. The van der Waals surface area contributed by atoms with Crippen LogP contribution >= 0.6 is 36.2 Å². The summed E-state index contributed by atoms with van der Waals surface area (Å²) in [6.45, 7) is 3.65. The first-order valence-corrected chi connectivity index (χ1v) is 10.2. The molecule has 4 rings (SSSR count). The molecule has 2 aromatic carbocycles. The highest BCUT2D eigenvalue weighted by Crippen LogP contribution is 2.35. The van der Waals surface area contributed by atoms with E-state index in [1.54, 1.807) is 18.4 Å². The standard InChI is InChI=1S/C22H25N3OS.2ClH/c1-26-21-10-6-5-9-19(21)22-24-18(15-27-22)13-25-12-17(11-23)20(14-25)16-7-3-2-4-8-16;;/h2-10,15,17,20H,11-14,23H2,1H3;2*1H/t17-,20+;;/m1../s1. The van der Waals surface area contributed by atoms with Crippen LogP contribution in [0.15, 0.2) is 60.0 Å². The highest BCUT2D eigenvalue weighted by molar-refractivity contribution is 7.13. The molecule has 1 fully saturated rings. The molecular weight excluding hydrogens is 425 g/mol. The fourth-order valence-corrected chi connectivity index (χ4v) is 4.80. The van der Waals surface area contributed by atoms with E-state index >= 15 is 0 Å². The van der Waals surface area contributed by atoms with Crippen LogP contribution in [0.1, 0.15) is 17.2 Å². The zero-order valence-corrected chi connectivity index (χ0v) is 18.8. The molecule has 1 saturated heterocycles. The van der Waals surface area contributed by atoms with E-state index in [1.807, 2.05) is 18.2 Å². The lowest BCUT2D eigenvalue weighted by atomic mass is 9.89. The molecule has 0 amide bonds. The fourth-order valence-electron chi connectivity index (χ4n) is 3.96. The molecule has 2 heterocycles. The van der Waals surface area contributed by atoms with Gasteiger partial charge in [-0.05, 0) is 30.2 Å². The summed E-state index contributed by atoms with van der Waals surface area (Å²) in [5.41, 5.74) is 9.64. The molecule has 0 bridgehead atoms. The van der Waals surface area contributed by atoms with Gasteiger partial charge in [0.15, 0.2) is 0 Å². The zero-order chi connectivity index (χ0) is 18.6. The molecule has 7 heteroatoms. The SMILES string of the molecule is COc1ccccc1-c1nc(CN2C[C@@H](CN)[C@H](c3ccccc3)C2)cs1.Cl.Cl. The average molecular weight is 452 g/mol. The lowest BCUT2D eigenvalue weighted by Crippen LogP contribution is -2.23. The van der Waals surface area contributed by atoms with E-state index in [4.69, 9.17) is 15.5 Å². The van der Waals surface area contributed by atoms with Gasteiger partial charge in [0.1, 0.15) is 10.8 Å². The van der Waals surface area contributed by atoms with Crippen molar-refractivity contribution in [1.82, 2.24) is 9.88 Å². The molecule has 29 heavy (non-hydrogen) atoms. The summed E-state index contributed by atoms with van der Waals surface area (Å²) < 4.78 is 5.48. The van der Waals surface area contributed by atoms with E-state index in [0.717, 1.165) is 48.2 Å².